The molecule has 30 heavy (non-hydrogen) atoms. The van der Waals surface area contributed by atoms with Crippen LogP contribution in [0.4, 0.5) is 5.82 Å². The minimum atomic E-state index is -0.953. The van der Waals surface area contributed by atoms with Crippen molar-refractivity contribution in [3.05, 3.63) is 72.1 Å². The van der Waals surface area contributed by atoms with E-state index in [1.807, 2.05) is 23.7 Å². The normalized spacial score (nSPS) is 11.3. The SMILES string of the molecule is CNc1nccn2c(-c3ccc(C(=O)O)cc3)nc(-c3cc4cccc(C)c4[nH]3)c12. The Bertz CT molecular complexity index is 1410. The third-order valence-electron chi connectivity index (χ3n) is 5.30. The Morgan fingerprint density at radius 1 is 1.17 bits per heavy atom. The summed E-state index contributed by atoms with van der Waals surface area (Å²) in [7, 11) is 1.83. The summed E-state index contributed by atoms with van der Waals surface area (Å²) in [5.74, 6) is 0.473. The van der Waals surface area contributed by atoms with Crippen molar-refractivity contribution in [3.8, 4) is 22.8 Å². The lowest BCUT2D eigenvalue weighted by Gasteiger charge is -2.05. The van der Waals surface area contributed by atoms with Crippen LogP contribution < -0.4 is 5.32 Å². The van der Waals surface area contributed by atoms with Gasteiger partial charge in [-0.1, -0.05) is 30.3 Å². The quantitative estimate of drug-likeness (QED) is 0.412. The third-order valence-corrected chi connectivity index (χ3v) is 5.30. The molecule has 3 heterocycles. The summed E-state index contributed by atoms with van der Waals surface area (Å²) < 4.78 is 1.97. The van der Waals surface area contributed by atoms with E-state index < -0.39 is 5.97 Å². The monoisotopic (exact) mass is 397 g/mol. The molecule has 0 aliphatic carbocycles. The van der Waals surface area contributed by atoms with Crippen molar-refractivity contribution in [2.24, 2.45) is 0 Å². The Labute approximate surface area is 172 Å². The van der Waals surface area contributed by atoms with Crippen molar-refractivity contribution in [1.29, 1.82) is 0 Å². The first-order chi connectivity index (χ1) is 14.6. The topological polar surface area (TPSA) is 95.3 Å². The predicted octanol–water partition coefficient (Wildman–Crippen LogP) is 4.59. The number of carboxylic acid groups (broad SMARTS) is 1. The number of aryl methyl sites for hydroxylation is 1. The van der Waals surface area contributed by atoms with E-state index >= 15 is 0 Å². The Hall–Kier alpha value is -4.13. The molecule has 5 aromatic rings. The number of hydrogen-bond acceptors (Lipinski definition) is 4. The van der Waals surface area contributed by atoms with Crippen LogP contribution in [0.3, 0.4) is 0 Å². The first-order valence-electron chi connectivity index (χ1n) is 9.54. The molecule has 0 atom stereocenters. The molecule has 0 spiro atoms. The van der Waals surface area contributed by atoms with Crippen molar-refractivity contribution < 1.29 is 9.90 Å². The van der Waals surface area contributed by atoms with Gasteiger partial charge >= 0.3 is 5.97 Å². The van der Waals surface area contributed by atoms with Crippen LogP contribution in [0.5, 0.6) is 0 Å². The standard InChI is InChI=1S/C23H19N5O2/c1-13-4-3-5-16-12-17(26-18(13)16)19-20-21(24-2)25-10-11-28(20)22(27-19)14-6-8-15(9-7-14)23(29)30/h3-12,26H,1-2H3,(H,24,25)(H,29,30). The molecule has 7 heteroatoms. The van der Waals surface area contributed by atoms with E-state index in [1.165, 1.54) is 5.56 Å². The largest absolute Gasteiger partial charge is 0.478 e. The number of carboxylic acids is 1. The molecular formula is C23H19N5O2. The van der Waals surface area contributed by atoms with Gasteiger partial charge in [0.2, 0.25) is 0 Å². The number of hydrogen-bond donors (Lipinski definition) is 3. The number of nitrogens with zero attached hydrogens (tertiary/aromatic N) is 3. The van der Waals surface area contributed by atoms with E-state index in [-0.39, 0.29) is 5.56 Å². The van der Waals surface area contributed by atoms with Gasteiger partial charge in [0.15, 0.2) is 5.82 Å². The molecule has 0 aliphatic rings. The highest BCUT2D eigenvalue weighted by atomic mass is 16.4. The van der Waals surface area contributed by atoms with Crippen molar-refractivity contribution in [3.63, 3.8) is 0 Å². The van der Waals surface area contributed by atoms with E-state index in [9.17, 15) is 9.90 Å². The smallest absolute Gasteiger partial charge is 0.335 e. The van der Waals surface area contributed by atoms with Crippen LogP contribution in [-0.4, -0.2) is 37.5 Å². The number of rotatable bonds is 4. The number of para-hydroxylation sites is 1. The van der Waals surface area contributed by atoms with Gasteiger partial charge in [0, 0.05) is 35.9 Å². The van der Waals surface area contributed by atoms with Gasteiger partial charge in [0.25, 0.3) is 0 Å². The predicted molar refractivity (Wildman–Crippen MR) is 117 cm³/mol. The first kappa shape index (κ1) is 17.9. The van der Waals surface area contributed by atoms with E-state index in [1.54, 1.807) is 30.5 Å². The van der Waals surface area contributed by atoms with E-state index in [4.69, 9.17) is 4.98 Å². The molecule has 3 N–H and O–H groups in total. The zero-order valence-electron chi connectivity index (χ0n) is 16.5. The summed E-state index contributed by atoms with van der Waals surface area (Å²) >= 11 is 0. The molecule has 0 aliphatic heterocycles. The van der Waals surface area contributed by atoms with Crippen LogP contribution in [0.1, 0.15) is 15.9 Å². The molecule has 5 rings (SSSR count). The highest BCUT2D eigenvalue weighted by molar-refractivity contribution is 5.94. The van der Waals surface area contributed by atoms with E-state index in [0.717, 1.165) is 33.4 Å². The number of benzene rings is 2. The van der Waals surface area contributed by atoms with Crippen LogP contribution in [0.2, 0.25) is 0 Å². The maximum Gasteiger partial charge on any atom is 0.335 e. The summed E-state index contributed by atoms with van der Waals surface area (Å²) in [6.07, 6.45) is 3.58. The molecule has 0 bridgehead atoms. The zero-order valence-corrected chi connectivity index (χ0v) is 16.5. The third kappa shape index (κ3) is 2.71. The fourth-order valence-corrected chi connectivity index (χ4v) is 3.81. The molecule has 0 amide bonds. The molecular weight excluding hydrogens is 378 g/mol. The van der Waals surface area contributed by atoms with Crippen LogP contribution in [0.15, 0.2) is 60.9 Å². The molecule has 148 valence electrons. The number of imidazole rings is 1. The average Bonchev–Trinajstić information content (AvgIpc) is 3.36. The zero-order chi connectivity index (χ0) is 20.8. The average molecular weight is 397 g/mol. The molecule has 0 radical (unpaired) electrons. The second-order valence-electron chi connectivity index (χ2n) is 7.13. The molecule has 0 saturated carbocycles. The number of aromatic nitrogens is 4. The summed E-state index contributed by atoms with van der Waals surface area (Å²) in [4.78, 5) is 24.1. The lowest BCUT2D eigenvalue weighted by molar-refractivity contribution is 0.0697. The van der Waals surface area contributed by atoms with Gasteiger partial charge < -0.3 is 15.4 Å². The van der Waals surface area contributed by atoms with Crippen molar-refractivity contribution in [1.82, 2.24) is 19.4 Å². The Balaban J connectivity index is 1.77. The maximum atomic E-state index is 11.2. The molecule has 7 nitrogen and oxygen atoms in total. The molecule has 2 aromatic carbocycles. The lowest BCUT2D eigenvalue weighted by Crippen LogP contribution is -1.98. The van der Waals surface area contributed by atoms with E-state index in [0.29, 0.717) is 11.6 Å². The highest BCUT2D eigenvalue weighted by Gasteiger charge is 2.19. The van der Waals surface area contributed by atoms with Gasteiger partial charge in [0.05, 0.1) is 11.3 Å². The molecule has 0 saturated heterocycles. The number of anilines is 1. The van der Waals surface area contributed by atoms with Gasteiger partial charge in [-0.15, -0.1) is 0 Å². The summed E-state index contributed by atoms with van der Waals surface area (Å²) in [6, 6.07) is 15.0. The van der Waals surface area contributed by atoms with Crippen molar-refractivity contribution >= 4 is 28.2 Å². The maximum absolute atomic E-state index is 11.2. The van der Waals surface area contributed by atoms with Crippen molar-refractivity contribution in [2.75, 3.05) is 12.4 Å². The lowest BCUT2D eigenvalue weighted by atomic mass is 10.1. The molecule has 0 fully saturated rings. The molecule has 0 unspecified atom stereocenters. The summed E-state index contributed by atoms with van der Waals surface area (Å²) in [5.41, 5.74) is 5.83. The van der Waals surface area contributed by atoms with Crippen LogP contribution in [0, 0.1) is 6.92 Å². The number of H-pyrrole nitrogens is 1. The van der Waals surface area contributed by atoms with Crippen LogP contribution in [-0.2, 0) is 0 Å². The molecule has 3 aromatic heterocycles. The van der Waals surface area contributed by atoms with Crippen LogP contribution >= 0.6 is 0 Å². The number of aromatic carboxylic acids is 1. The summed E-state index contributed by atoms with van der Waals surface area (Å²) in [6.45, 7) is 2.07. The Kier molecular flexibility index (Phi) is 4.03. The fourth-order valence-electron chi connectivity index (χ4n) is 3.81. The minimum absolute atomic E-state index is 0.239. The number of nitrogens with one attached hydrogen (secondary N) is 2. The van der Waals surface area contributed by atoms with Gasteiger partial charge in [-0.05, 0) is 30.7 Å². The van der Waals surface area contributed by atoms with Gasteiger partial charge in [-0.3, -0.25) is 4.40 Å². The second kappa shape index (κ2) is 6.73. The Morgan fingerprint density at radius 2 is 1.97 bits per heavy atom. The van der Waals surface area contributed by atoms with Crippen molar-refractivity contribution in [2.45, 2.75) is 6.92 Å². The fraction of sp³-hybridized carbons (Fsp3) is 0.0870. The second-order valence-corrected chi connectivity index (χ2v) is 7.13. The van der Waals surface area contributed by atoms with Gasteiger partial charge in [-0.2, -0.15) is 0 Å². The minimum Gasteiger partial charge on any atom is -0.478 e. The van der Waals surface area contributed by atoms with Crippen LogP contribution in [0.25, 0.3) is 39.2 Å². The number of carbonyl (C=O) groups is 1. The first-order valence-corrected chi connectivity index (χ1v) is 9.54. The number of aromatic amines is 1. The summed E-state index contributed by atoms with van der Waals surface area (Å²) in [5, 5.41) is 13.5. The van der Waals surface area contributed by atoms with Gasteiger partial charge in [0.1, 0.15) is 17.0 Å². The number of fused-ring (bicyclic) bond motifs is 2. The Morgan fingerprint density at radius 3 is 2.67 bits per heavy atom. The van der Waals surface area contributed by atoms with E-state index in [2.05, 4.69) is 40.4 Å². The van der Waals surface area contributed by atoms with Gasteiger partial charge in [-0.25, -0.2) is 14.8 Å². The highest BCUT2D eigenvalue weighted by Crippen LogP contribution is 2.34.